The monoisotopic (exact) mass is 384 g/mol. The lowest BCUT2D eigenvalue weighted by Crippen LogP contribution is -2.38. The number of carbonyl (C=O) groups is 1. The second-order valence-electron chi connectivity index (χ2n) is 6.90. The van der Waals surface area contributed by atoms with Crippen molar-refractivity contribution in [2.24, 2.45) is 5.92 Å². The fraction of sp³-hybridized carbons (Fsp3) is 0.333. The SMILES string of the molecule is COc1ccc2nc(Cl)c(CN(Cc3ccco3)C(=O)C3CCC3)cc2c1. The topological polar surface area (TPSA) is 55.6 Å². The van der Waals surface area contributed by atoms with Gasteiger partial charge >= 0.3 is 0 Å². The van der Waals surface area contributed by atoms with Crippen molar-refractivity contribution in [1.82, 2.24) is 9.88 Å². The van der Waals surface area contributed by atoms with Gasteiger partial charge in [0.15, 0.2) is 0 Å². The molecule has 1 aliphatic carbocycles. The van der Waals surface area contributed by atoms with E-state index in [2.05, 4.69) is 4.98 Å². The molecule has 0 spiro atoms. The summed E-state index contributed by atoms with van der Waals surface area (Å²) in [6.07, 6.45) is 4.64. The Morgan fingerprint density at radius 3 is 2.81 bits per heavy atom. The molecule has 3 aromatic rings. The van der Waals surface area contributed by atoms with E-state index in [0.29, 0.717) is 18.2 Å². The van der Waals surface area contributed by atoms with Crippen molar-refractivity contribution in [3.05, 3.63) is 59.1 Å². The third kappa shape index (κ3) is 3.78. The zero-order chi connectivity index (χ0) is 18.8. The Hall–Kier alpha value is -2.53. The molecule has 1 saturated carbocycles. The number of aromatic nitrogens is 1. The van der Waals surface area contributed by atoms with Crippen molar-refractivity contribution in [3.8, 4) is 5.75 Å². The van der Waals surface area contributed by atoms with Gasteiger partial charge < -0.3 is 14.1 Å². The van der Waals surface area contributed by atoms with E-state index in [0.717, 1.165) is 47.2 Å². The standard InChI is InChI=1S/C21H21ClN2O3/c1-26-17-7-8-19-15(11-17)10-16(20(22)23-19)12-24(13-18-6-3-9-27-18)21(25)14-4-2-5-14/h3,6-11,14H,2,4-5,12-13H2,1H3. The van der Waals surface area contributed by atoms with Gasteiger partial charge in [0, 0.05) is 23.4 Å². The maximum atomic E-state index is 12.9. The van der Waals surface area contributed by atoms with Crippen molar-refractivity contribution in [2.75, 3.05) is 7.11 Å². The maximum absolute atomic E-state index is 12.9. The molecule has 140 valence electrons. The molecule has 1 aliphatic rings. The third-order valence-electron chi connectivity index (χ3n) is 5.10. The molecule has 0 unspecified atom stereocenters. The summed E-state index contributed by atoms with van der Waals surface area (Å²) in [6.45, 7) is 0.823. The highest BCUT2D eigenvalue weighted by Crippen LogP contribution is 2.31. The first kappa shape index (κ1) is 17.9. The number of hydrogen-bond acceptors (Lipinski definition) is 4. The first-order valence-corrected chi connectivity index (χ1v) is 9.46. The zero-order valence-electron chi connectivity index (χ0n) is 15.2. The minimum absolute atomic E-state index is 0.104. The molecule has 0 atom stereocenters. The first-order valence-electron chi connectivity index (χ1n) is 9.08. The number of methoxy groups -OCH3 is 1. The Bertz CT molecular complexity index is 951. The lowest BCUT2D eigenvalue weighted by molar-refractivity contribution is -0.139. The lowest BCUT2D eigenvalue weighted by atomic mass is 9.84. The van der Waals surface area contributed by atoms with Gasteiger partial charge in [-0.15, -0.1) is 0 Å². The van der Waals surface area contributed by atoms with Crippen molar-refractivity contribution in [1.29, 1.82) is 0 Å². The predicted octanol–water partition coefficient (Wildman–Crippen LogP) is 4.82. The smallest absolute Gasteiger partial charge is 0.226 e. The number of hydrogen-bond donors (Lipinski definition) is 0. The highest BCUT2D eigenvalue weighted by atomic mass is 35.5. The van der Waals surface area contributed by atoms with Gasteiger partial charge in [-0.05, 0) is 49.2 Å². The van der Waals surface area contributed by atoms with E-state index >= 15 is 0 Å². The molecule has 0 radical (unpaired) electrons. The maximum Gasteiger partial charge on any atom is 0.226 e. The number of fused-ring (bicyclic) bond motifs is 1. The second kappa shape index (κ2) is 7.61. The van der Waals surface area contributed by atoms with Crippen LogP contribution in [-0.2, 0) is 17.9 Å². The minimum atomic E-state index is 0.104. The van der Waals surface area contributed by atoms with Crippen LogP contribution in [0.5, 0.6) is 5.75 Å². The predicted molar refractivity (Wildman–Crippen MR) is 104 cm³/mol. The highest BCUT2D eigenvalue weighted by Gasteiger charge is 2.30. The molecule has 1 amide bonds. The van der Waals surface area contributed by atoms with Gasteiger partial charge in [-0.3, -0.25) is 4.79 Å². The fourth-order valence-corrected chi connectivity index (χ4v) is 3.54. The van der Waals surface area contributed by atoms with Crippen LogP contribution in [0.4, 0.5) is 0 Å². The lowest BCUT2D eigenvalue weighted by Gasteiger charge is -2.31. The van der Waals surface area contributed by atoms with Gasteiger partial charge in [-0.25, -0.2) is 4.98 Å². The molecular formula is C21H21ClN2O3. The molecule has 1 fully saturated rings. The third-order valence-corrected chi connectivity index (χ3v) is 5.43. The number of furan rings is 1. The van der Waals surface area contributed by atoms with Crippen LogP contribution in [0.15, 0.2) is 47.1 Å². The van der Waals surface area contributed by atoms with E-state index in [1.807, 2.05) is 41.3 Å². The van der Waals surface area contributed by atoms with Gasteiger partial charge in [-0.2, -0.15) is 0 Å². The summed E-state index contributed by atoms with van der Waals surface area (Å²) >= 11 is 6.43. The van der Waals surface area contributed by atoms with Crippen LogP contribution in [0.1, 0.15) is 30.6 Å². The van der Waals surface area contributed by atoms with E-state index < -0.39 is 0 Å². The van der Waals surface area contributed by atoms with Crippen LogP contribution in [0, 0.1) is 5.92 Å². The quantitative estimate of drug-likeness (QED) is 0.572. The van der Waals surface area contributed by atoms with Crippen LogP contribution in [0.3, 0.4) is 0 Å². The number of benzene rings is 1. The summed E-state index contributed by atoms with van der Waals surface area (Å²) in [4.78, 5) is 19.2. The first-order chi connectivity index (χ1) is 13.1. The molecule has 0 bridgehead atoms. The summed E-state index contributed by atoms with van der Waals surface area (Å²) in [7, 11) is 1.63. The van der Waals surface area contributed by atoms with E-state index in [9.17, 15) is 4.79 Å². The number of carbonyl (C=O) groups excluding carboxylic acids is 1. The number of nitrogens with zero attached hydrogens (tertiary/aromatic N) is 2. The summed E-state index contributed by atoms with van der Waals surface area (Å²) in [5.74, 6) is 1.77. The summed E-state index contributed by atoms with van der Waals surface area (Å²) < 4.78 is 10.8. The molecule has 6 heteroatoms. The molecule has 0 saturated heterocycles. The Labute approximate surface area is 162 Å². The Kier molecular flexibility index (Phi) is 5.03. The van der Waals surface area contributed by atoms with Crippen LogP contribution >= 0.6 is 11.6 Å². The number of pyridine rings is 1. The Morgan fingerprint density at radius 2 is 2.15 bits per heavy atom. The van der Waals surface area contributed by atoms with Gasteiger partial charge in [0.2, 0.25) is 5.91 Å². The molecule has 0 aliphatic heterocycles. The van der Waals surface area contributed by atoms with Crippen LogP contribution < -0.4 is 4.74 Å². The van der Waals surface area contributed by atoms with Gasteiger partial charge in [0.25, 0.3) is 0 Å². The second-order valence-corrected chi connectivity index (χ2v) is 7.26. The molecule has 2 heterocycles. The van der Waals surface area contributed by atoms with Crippen molar-refractivity contribution in [2.45, 2.75) is 32.4 Å². The van der Waals surface area contributed by atoms with Gasteiger partial charge in [0.1, 0.15) is 16.7 Å². The highest BCUT2D eigenvalue weighted by molar-refractivity contribution is 6.30. The normalized spacial score (nSPS) is 14.1. The van der Waals surface area contributed by atoms with E-state index in [-0.39, 0.29) is 11.8 Å². The molecule has 2 aromatic heterocycles. The van der Waals surface area contributed by atoms with E-state index in [1.165, 1.54) is 0 Å². The average Bonchev–Trinajstić information content (AvgIpc) is 3.13. The molecule has 0 N–H and O–H groups in total. The molecule has 4 rings (SSSR count). The largest absolute Gasteiger partial charge is 0.497 e. The van der Waals surface area contributed by atoms with E-state index in [4.69, 9.17) is 20.8 Å². The molecule has 5 nitrogen and oxygen atoms in total. The van der Waals surface area contributed by atoms with Crippen molar-refractivity contribution in [3.63, 3.8) is 0 Å². The Morgan fingerprint density at radius 1 is 1.30 bits per heavy atom. The molecule has 27 heavy (non-hydrogen) atoms. The minimum Gasteiger partial charge on any atom is -0.497 e. The summed E-state index contributed by atoms with van der Waals surface area (Å²) in [5, 5.41) is 1.35. The van der Waals surface area contributed by atoms with Crippen LogP contribution in [0.2, 0.25) is 5.15 Å². The fourth-order valence-electron chi connectivity index (χ4n) is 3.33. The zero-order valence-corrected chi connectivity index (χ0v) is 15.9. The van der Waals surface area contributed by atoms with Gasteiger partial charge in [-0.1, -0.05) is 18.0 Å². The van der Waals surface area contributed by atoms with Crippen LogP contribution in [0.25, 0.3) is 10.9 Å². The van der Waals surface area contributed by atoms with E-state index in [1.54, 1.807) is 13.4 Å². The number of ether oxygens (including phenoxy) is 1. The molecule has 1 aromatic carbocycles. The van der Waals surface area contributed by atoms with Crippen molar-refractivity contribution >= 4 is 28.4 Å². The average molecular weight is 385 g/mol. The van der Waals surface area contributed by atoms with Crippen LogP contribution in [-0.4, -0.2) is 22.9 Å². The summed E-state index contributed by atoms with van der Waals surface area (Å²) in [5.41, 5.74) is 1.61. The number of rotatable bonds is 6. The molecular weight excluding hydrogens is 364 g/mol. The van der Waals surface area contributed by atoms with Crippen molar-refractivity contribution < 1.29 is 13.9 Å². The van der Waals surface area contributed by atoms with Gasteiger partial charge in [0.05, 0.1) is 25.4 Å². The Balaban J connectivity index is 1.64. The number of halogens is 1. The number of amides is 1. The summed E-state index contributed by atoms with van der Waals surface area (Å²) in [6, 6.07) is 11.4.